The highest BCUT2D eigenvalue weighted by Crippen LogP contribution is 2.23. The summed E-state index contributed by atoms with van der Waals surface area (Å²) in [6.45, 7) is 0. The van der Waals surface area contributed by atoms with Crippen molar-refractivity contribution >= 4 is 17.2 Å². The van der Waals surface area contributed by atoms with Crippen LogP contribution >= 0.6 is 12.2 Å². The second-order valence-corrected chi connectivity index (χ2v) is 4.04. The van der Waals surface area contributed by atoms with Crippen LogP contribution in [0.1, 0.15) is 5.56 Å². The van der Waals surface area contributed by atoms with E-state index >= 15 is 0 Å². The van der Waals surface area contributed by atoms with Gasteiger partial charge in [-0.3, -0.25) is 0 Å². The summed E-state index contributed by atoms with van der Waals surface area (Å²) in [6.07, 6.45) is 0. The molecule has 0 fully saturated rings. The maximum absolute atomic E-state index is 12.9. The molecular weight excluding hydrogens is 256 g/mol. The van der Waals surface area contributed by atoms with E-state index in [2.05, 4.69) is 0 Å². The molecule has 2 aromatic rings. The predicted molar refractivity (Wildman–Crippen MR) is 68.8 cm³/mol. The van der Waals surface area contributed by atoms with Gasteiger partial charge >= 0.3 is 0 Å². The number of thiocarbonyl (C=S) groups is 1. The van der Waals surface area contributed by atoms with E-state index in [0.717, 1.165) is 18.2 Å². The molecule has 2 rings (SSSR count). The summed E-state index contributed by atoms with van der Waals surface area (Å²) in [5.74, 6) is -0.843. The van der Waals surface area contributed by atoms with Crippen molar-refractivity contribution in [3.05, 3.63) is 59.7 Å². The van der Waals surface area contributed by atoms with Crippen LogP contribution in [0, 0.1) is 11.6 Å². The van der Waals surface area contributed by atoms with Gasteiger partial charge in [-0.05, 0) is 24.3 Å². The number of hydrogen-bond acceptors (Lipinski definition) is 2. The van der Waals surface area contributed by atoms with Crippen LogP contribution in [0.15, 0.2) is 42.5 Å². The Labute approximate surface area is 108 Å². The van der Waals surface area contributed by atoms with Gasteiger partial charge in [0, 0.05) is 23.8 Å². The molecule has 0 unspecified atom stereocenters. The summed E-state index contributed by atoms with van der Waals surface area (Å²) in [7, 11) is 0. The Balaban J connectivity index is 2.20. The highest BCUT2D eigenvalue weighted by atomic mass is 32.1. The zero-order valence-electron chi connectivity index (χ0n) is 9.19. The van der Waals surface area contributed by atoms with E-state index in [1.54, 1.807) is 24.3 Å². The molecule has 92 valence electrons. The van der Waals surface area contributed by atoms with Crippen molar-refractivity contribution in [1.82, 2.24) is 0 Å². The second-order valence-electron chi connectivity index (χ2n) is 3.60. The molecule has 0 radical (unpaired) electrons. The third kappa shape index (κ3) is 3.01. The molecule has 0 bridgehead atoms. The van der Waals surface area contributed by atoms with Gasteiger partial charge in [-0.25, -0.2) is 8.78 Å². The first-order valence-electron chi connectivity index (χ1n) is 5.08. The molecule has 0 amide bonds. The lowest BCUT2D eigenvalue weighted by atomic mass is 10.2. The predicted octanol–water partition coefficient (Wildman–Crippen LogP) is 3.39. The maximum atomic E-state index is 12.9. The fraction of sp³-hybridized carbons (Fsp3) is 0. The van der Waals surface area contributed by atoms with E-state index < -0.39 is 11.6 Å². The first kappa shape index (κ1) is 12.4. The molecule has 0 saturated carbocycles. The summed E-state index contributed by atoms with van der Waals surface area (Å²) < 4.78 is 31.2. The van der Waals surface area contributed by atoms with Crippen LogP contribution in [-0.4, -0.2) is 4.99 Å². The molecule has 2 aromatic carbocycles. The molecule has 18 heavy (non-hydrogen) atoms. The van der Waals surface area contributed by atoms with E-state index in [1.807, 2.05) is 0 Å². The maximum Gasteiger partial charge on any atom is 0.133 e. The quantitative estimate of drug-likeness (QED) is 0.864. The third-order valence-electron chi connectivity index (χ3n) is 2.21. The fourth-order valence-electron chi connectivity index (χ4n) is 1.41. The zero-order chi connectivity index (χ0) is 13.1. The van der Waals surface area contributed by atoms with Crippen molar-refractivity contribution in [3.8, 4) is 11.5 Å². The van der Waals surface area contributed by atoms with Gasteiger partial charge in [0.1, 0.15) is 28.1 Å². The van der Waals surface area contributed by atoms with Crippen LogP contribution in [0.5, 0.6) is 11.5 Å². The molecule has 2 N–H and O–H groups in total. The summed E-state index contributed by atoms with van der Waals surface area (Å²) in [6, 6.07) is 9.58. The Morgan fingerprint density at radius 3 is 2.00 bits per heavy atom. The number of ether oxygens (including phenoxy) is 1. The van der Waals surface area contributed by atoms with Crippen molar-refractivity contribution in [2.45, 2.75) is 0 Å². The Bertz CT molecular complexity index is 564. The van der Waals surface area contributed by atoms with Crippen molar-refractivity contribution in [2.75, 3.05) is 0 Å². The van der Waals surface area contributed by atoms with Crippen LogP contribution in [0.25, 0.3) is 0 Å². The first-order valence-corrected chi connectivity index (χ1v) is 5.49. The van der Waals surface area contributed by atoms with Crippen molar-refractivity contribution in [1.29, 1.82) is 0 Å². The van der Waals surface area contributed by atoms with Gasteiger partial charge in [0.05, 0.1) is 0 Å². The molecule has 0 aliphatic carbocycles. The summed E-state index contributed by atoms with van der Waals surface area (Å²) in [4.78, 5) is 0.276. The number of rotatable bonds is 3. The molecule has 0 aliphatic heterocycles. The topological polar surface area (TPSA) is 35.2 Å². The second kappa shape index (κ2) is 5.10. The van der Waals surface area contributed by atoms with E-state index in [-0.39, 0.29) is 10.7 Å². The lowest BCUT2D eigenvalue weighted by Gasteiger charge is -2.06. The van der Waals surface area contributed by atoms with Crippen molar-refractivity contribution in [3.63, 3.8) is 0 Å². The number of halogens is 2. The molecule has 0 aromatic heterocycles. The van der Waals surface area contributed by atoms with Gasteiger partial charge in [-0.15, -0.1) is 0 Å². The van der Waals surface area contributed by atoms with E-state index in [1.165, 1.54) is 0 Å². The standard InChI is InChI=1S/C13H9F2NOS/c14-9-5-10(15)7-12(6-9)17-11-3-1-8(2-4-11)13(16)18/h1-7H,(H2,16,18). The van der Waals surface area contributed by atoms with E-state index in [0.29, 0.717) is 11.3 Å². The molecule has 0 saturated heterocycles. The molecule has 2 nitrogen and oxygen atoms in total. The van der Waals surface area contributed by atoms with Gasteiger partial charge in [0.15, 0.2) is 0 Å². The smallest absolute Gasteiger partial charge is 0.133 e. The number of benzene rings is 2. The minimum absolute atomic E-state index is 0.0931. The third-order valence-corrected chi connectivity index (χ3v) is 2.45. The Hall–Kier alpha value is -2.01. The molecule has 0 atom stereocenters. The minimum Gasteiger partial charge on any atom is -0.457 e. The van der Waals surface area contributed by atoms with Gasteiger partial charge in [-0.2, -0.15) is 0 Å². The zero-order valence-corrected chi connectivity index (χ0v) is 10.0. The fourth-order valence-corrected chi connectivity index (χ4v) is 1.55. The van der Waals surface area contributed by atoms with Gasteiger partial charge in [-0.1, -0.05) is 12.2 Å². The van der Waals surface area contributed by atoms with Crippen LogP contribution < -0.4 is 10.5 Å². The average molecular weight is 265 g/mol. The first-order chi connectivity index (χ1) is 8.54. The van der Waals surface area contributed by atoms with Gasteiger partial charge < -0.3 is 10.5 Å². The van der Waals surface area contributed by atoms with Crippen molar-refractivity contribution < 1.29 is 13.5 Å². The largest absolute Gasteiger partial charge is 0.457 e. The average Bonchev–Trinajstić information content (AvgIpc) is 2.28. The van der Waals surface area contributed by atoms with Crippen LogP contribution in [0.4, 0.5) is 8.78 Å². The SMILES string of the molecule is NC(=S)c1ccc(Oc2cc(F)cc(F)c2)cc1. The molecule has 0 spiro atoms. The Morgan fingerprint density at radius 1 is 0.944 bits per heavy atom. The molecular formula is C13H9F2NOS. The summed E-state index contributed by atoms with van der Waals surface area (Å²) in [5.41, 5.74) is 6.14. The monoisotopic (exact) mass is 265 g/mol. The molecule has 5 heteroatoms. The summed E-state index contributed by atoms with van der Waals surface area (Å²) in [5, 5.41) is 0. The van der Waals surface area contributed by atoms with Gasteiger partial charge in [0.2, 0.25) is 0 Å². The minimum atomic E-state index is -0.690. The van der Waals surface area contributed by atoms with Crippen LogP contribution in [-0.2, 0) is 0 Å². The van der Waals surface area contributed by atoms with E-state index in [9.17, 15) is 8.78 Å². The molecule has 0 aliphatic rings. The highest BCUT2D eigenvalue weighted by molar-refractivity contribution is 7.80. The van der Waals surface area contributed by atoms with Gasteiger partial charge in [0.25, 0.3) is 0 Å². The molecule has 0 heterocycles. The summed E-state index contributed by atoms with van der Waals surface area (Å²) >= 11 is 4.81. The van der Waals surface area contributed by atoms with E-state index in [4.69, 9.17) is 22.7 Å². The normalized spacial score (nSPS) is 10.1. The lowest BCUT2D eigenvalue weighted by molar-refractivity contribution is 0.468. The number of nitrogens with two attached hydrogens (primary N) is 1. The highest BCUT2D eigenvalue weighted by Gasteiger charge is 2.03. The Kier molecular flexibility index (Phi) is 3.53. The number of hydrogen-bond donors (Lipinski definition) is 1. The van der Waals surface area contributed by atoms with Crippen molar-refractivity contribution in [2.24, 2.45) is 5.73 Å². The van der Waals surface area contributed by atoms with Crippen LogP contribution in [0.3, 0.4) is 0 Å². The lowest BCUT2D eigenvalue weighted by Crippen LogP contribution is -2.08. The Morgan fingerprint density at radius 2 is 1.50 bits per heavy atom. The van der Waals surface area contributed by atoms with Crippen LogP contribution in [0.2, 0.25) is 0 Å².